The second-order valence-corrected chi connectivity index (χ2v) is 5.32. The number of para-hydroxylation sites is 1. The summed E-state index contributed by atoms with van der Waals surface area (Å²) in [6.07, 6.45) is 1.35. The van der Waals surface area contributed by atoms with Crippen LogP contribution in [-0.4, -0.2) is 36.1 Å². The lowest BCUT2D eigenvalue weighted by atomic mass is 10.2. The van der Waals surface area contributed by atoms with Crippen molar-refractivity contribution in [1.29, 1.82) is 0 Å². The fourth-order valence-corrected chi connectivity index (χ4v) is 3.27. The van der Waals surface area contributed by atoms with Gasteiger partial charge < -0.3 is 4.90 Å². The molecule has 0 aliphatic carbocycles. The molecule has 2 atom stereocenters. The van der Waals surface area contributed by atoms with Gasteiger partial charge in [0.2, 0.25) is 0 Å². The fourth-order valence-electron chi connectivity index (χ4n) is 3.27. The lowest BCUT2D eigenvalue weighted by Gasteiger charge is -2.37. The normalized spacial score (nSPS) is 29.3. The predicted octanol–water partition coefficient (Wildman–Crippen LogP) is 2.36. The molecular formula is C14H20N2. The zero-order valence-electron chi connectivity index (χ0n) is 10.1. The summed E-state index contributed by atoms with van der Waals surface area (Å²) >= 11 is 0. The molecule has 2 heteroatoms. The van der Waals surface area contributed by atoms with Crippen molar-refractivity contribution in [2.24, 2.45) is 0 Å². The Morgan fingerprint density at radius 1 is 1.06 bits per heavy atom. The monoisotopic (exact) mass is 216 g/mol. The molecule has 0 N–H and O–H groups in total. The van der Waals surface area contributed by atoms with E-state index in [4.69, 9.17) is 0 Å². The fraction of sp³-hybridized carbons (Fsp3) is 0.571. The SMILES string of the molecule is CC(C)N1CC2CC1CN2c1ccccc1. The van der Waals surface area contributed by atoms with E-state index >= 15 is 0 Å². The largest absolute Gasteiger partial charge is 0.366 e. The maximum Gasteiger partial charge on any atom is 0.0433 e. The van der Waals surface area contributed by atoms with Gasteiger partial charge in [0.25, 0.3) is 0 Å². The van der Waals surface area contributed by atoms with Crippen LogP contribution in [0, 0.1) is 0 Å². The number of fused-ring (bicyclic) bond motifs is 2. The molecule has 2 fully saturated rings. The number of hydrogen-bond acceptors (Lipinski definition) is 2. The van der Waals surface area contributed by atoms with Crippen molar-refractivity contribution in [1.82, 2.24) is 4.90 Å². The van der Waals surface area contributed by atoms with Crippen molar-refractivity contribution in [2.45, 2.75) is 38.4 Å². The van der Waals surface area contributed by atoms with Crippen LogP contribution in [0.3, 0.4) is 0 Å². The Kier molecular flexibility index (Phi) is 2.40. The van der Waals surface area contributed by atoms with Crippen LogP contribution in [0.4, 0.5) is 5.69 Å². The summed E-state index contributed by atoms with van der Waals surface area (Å²) in [4.78, 5) is 5.24. The molecule has 0 radical (unpaired) electrons. The van der Waals surface area contributed by atoms with Crippen LogP contribution in [0.1, 0.15) is 20.3 Å². The Hall–Kier alpha value is -1.02. The number of rotatable bonds is 2. The Morgan fingerprint density at radius 2 is 1.81 bits per heavy atom. The first-order chi connectivity index (χ1) is 7.75. The molecule has 16 heavy (non-hydrogen) atoms. The van der Waals surface area contributed by atoms with Gasteiger partial charge in [0, 0.05) is 36.9 Å². The Balaban J connectivity index is 1.76. The Labute approximate surface area is 97.9 Å². The summed E-state index contributed by atoms with van der Waals surface area (Å²) < 4.78 is 0. The summed E-state index contributed by atoms with van der Waals surface area (Å²) in [5.41, 5.74) is 1.40. The van der Waals surface area contributed by atoms with Crippen molar-refractivity contribution in [3.05, 3.63) is 30.3 Å². The molecule has 2 heterocycles. The first-order valence-electron chi connectivity index (χ1n) is 6.33. The molecule has 0 amide bonds. The van der Waals surface area contributed by atoms with Gasteiger partial charge in [0.15, 0.2) is 0 Å². The minimum absolute atomic E-state index is 0.702. The summed E-state index contributed by atoms with van der Waals surface area (Å²) in [6.45, 7) is 7.09. The van der Waals surface area contributed by atoms with E-state index in [0.717, 1.165) is 12.1 Å². The van der Waals surface area contributed by atoms with Gasteiger partial charge in [0.05, 0.1) is 0 Å². The van der Waals surface area contributed by atoms with Crippen LogP contribution < -0.4 is 4.90 Å². The summed E-state index contributed by atoms with van der Waals surface area (Å²) in [7, 11) is 0. The molecule has 3 rings (SSSR count). The lowest BCUT2D eigenvalue weighted by Crippen LogP contribution is -2.48. The highest BCUT2D eigenvalue weighted by molar-refractivity contribution is 5.49. The van der Waals surface area contributed by atoms with Crippen LogP contribution in [0.5, 0.6) is 0 Å². The molecular weight excluding hydrogens is 196 g/mol. The van der Waals surface area contributed by atoms with E-state index in [1.807, 2.05) is 0 Å². The molecule has 2 bridgehead atoms. The zero-order chi connectivity index (χ0) is 11.1. The second-order valence-electron chi connectivity index (χ2n) is 5.32. The summed E-state index contributed by atoms with van der Waals surface area (Å²) in [5, 5.41) is 0. The molecule has 2 aliphatic heterocycles. The molecule has 2 nitrogen and oxygen atoms in total. The van der Waals surface area contributed by atoms with Gasteiger partial charge in [-0.15, -0.1) is 0 Å². The lowest BCUT2D eigenvalue weighted by molar-refractivity contribution is 0.191. The van der Waals surface area contributed by atoms with E-state index in [1.54, 1.807) is 0 Å². The number of piperazine rings is 1. The third-order valence-electron chi connectivity index (χ3n) is 4.03. The molecule has 0 spiro atoms. The predicted molar refractivity (Wildman–Crippen MR) is 67.8 cm³/mol. The van der Waals surface area contributed by atoms with Gasteiger partial charge >= 0.3 is 0 Å². The van der Waals surface area contributed by atoms with E-state index in [-0.39, 0.29) is 0 Å². The molecule has 2 saturated heterocycles. The minimum Gasteiger partial charge on any atom is -0.366 e. The average molecular weight is 216 g/mol. The third kappa shape index (κ3) is 1.52. The molecule has 1 aromatic carbocycles. The quantitative estimate of drug-likeness (QED) is 0.749. The number of anilines is 1. The number of nitrogens with zero attached hydrogens (tertiary/aromatic N) is 2. The maximum absolute atomic E-state index is 2.66. The Bertz CT molecular complexity index is 360. The van der Waals surface area contributed by atoms with Crippen molar-refractivity contribution in [3.63, 3.8) is 0 Å². The van der Waals surface area contributed by atoms with Gasteiger partial charge in [-0.1, -0.05) is 18.2 Å². The maximum atomic E-state index is 2.66. The first-order valence-corrected chi connectivity index (χ1v) is 6.33. The van der Waals surface area contributed by atoms with Gasteiger partial charge in [-0.2, -0.15) is 0 Å². The highest BCUT2D eigenvalue weighted by atomic mass is 15.4. The molecule has 2 unspecified atom stereocenters. The van der Waals surface area contributed by atoms with Gasteiger partial charge in [-0.25, -0.2) is 0 Å². The van der Waals surface area contributed by atoms with Crippen LogP contribution in [0.15, 0.2) is 30.3 Å². The van der Waals surface area contributed by atoms with E-state index < -0.39 is 0 Å². The molecule has 2 aliphatic rings. The second kappa shape index (κ2) is 3.77. The van der Waals surface area contributed by atoms with Crippen molar-refractivity contribution < 1.29 is 0 Å². The summed E-state index contributed by atoms with van der Waals surface area (Å²) in [5.74, 6) is 0. The van der Waals surface area contributed by atoms with Crippen LogP contribution in [0.2, 0.25) is 0 Å². The van der Waals surface area contributed by atoms with Crippen molar-refractivity contribution >= 4 is 5.69 Å². The van der Waals surface area contributed by atoms with E-state index in [2.05, 4.69) is 54.0 Å². The Morgan fingerprint density at radius 3 is 2.38 bits per heavy atom. The zero-order valence-corrected chi connectivity index (χ0v) is 10.1. The number of likely N-dealkylation sites (tertiary alicyclic amines) is 1. The van der Waals surface area contributed by atoms with Gasteiger partial charge in [-0.05, 0) is 32.4 Å². The number of hydrogen-bond donors (Lipinski definition) is 0. The standard InChI is InChI=1S/C14H20N2/c1-11(2)15-9-14-8-13(15)10-16(14)12-6-4-3-5-7-12/h3-7,11,13-14H,8-10H2,1-2H3. The van der Waals surface area contributed by atoms with Crippen LogP contribution in [-0.2, 0) is 0 Å². The van der Waals surface area contributed by atoms with Crippen LogP contribution >= 0.6 is 0 Å². The van der Waals surface area contributed by atoms with E-state index in [1.165, 1.54) is 25.2 Å². The topological polar surface area (TPSA) is 6.48 Å². The minimum atomic E-state index is 0.702. The van der Waals surface area contributed by atoms with E-state index in [0.29, 0.717) is 6.04 Å². The molecule has 86 valence electrons. The van der Waals surface area contributed by atoms with Crippen molar-refractivity contribution in [3.8, 4) is 0 Å². The molecule has 1 aromatic rings. The van der Waals surface area contributed by atoms with Gasteiger partial charge in [0.1, 0.15) is 0 Å². The summed E-state index contributed by atoms with van der Waals surface area (Å²) in [6, 6.07) is 13.1. The highest BCUT2D eigenvalue weighted by Gasteiger charge is 2.43. The van der Waals surface area contributed by atoms with Gasteiger partial charge in [-0.3, -0.25) is 4.90 Å². The average Bonchev–Trinajstić information content (AvgIpc) is 2.89. The first kappa shape index (κ1) is 10.2. The van der Waals surface area contributed by atoms with E-state index in [9.17, 15) is 0 Å². The van der Waals surface area contributed by atoms with Crippen molar-refractivity contribution in [2.75, 3.05) is 18.0 Å². The highest BCUT2D eigenvalue weighted by Crippen LogP contribution is 2.35. The molecule has 0 saturated carbocycles. The van der Waals surface area contributed by atoms with Crippen LogP contribution in [0.25, 0.3) is 0 Å². The molecule has 0 aromatic heterocycles. The smallest absolute Gasteiger partial charge is 0.0433 e. The third-order valence-corrected chi connectivity index (χ3v) is 4.03. The number of benzene rings is 1.